The number of allylic oxidation sites excluding steroid dienone is 4. The number of benzene rings is 1. The van der Waals surface area contributed by atoms with Gasteiger partial charge in [0.1, 0.15) is 6.61 Å². The zero-order valence-electron chi connectivity index (χ0n) is 25.1. The van der Waals surface area contributed by atoms with Crippen LogP contribution in [0.15, 0.2) is 60.7 Å². The Kier molecular flexibility index (Phi) is 9.90. The maximum atomic E-state index is 14.9. The van der Waals surface area contributed by atoms with Crippen LogP contribution in [-0.4, -0.2) is 6.17 Å². The van der Waals surface area contributed by atoms with Gasteiger partial charge in [-0.05, 0) is 117 Å². The Morgan fingerprint density at radius 1 is 0.925 bits per heavy atom. The Morgan fingerprint density at radius 2 is 1.57 bits per heavy atom. The minimum absolute atomic E-state index is 0.0237. The summed E-state index contributed by atoms with van der Waals surface area (Å²) < 4.78 is 35.4. The first-order valence-electron chi connectivity index (χ1n) is 16.5. The second-order valence-electron chi connectivity index (χ2n) is 13.9. The number of fused-ring (bicyclic) bond motifs is 1. The van der Waals surface area contributed by atoms with Crippen molar-refractivity contribution in [3.63, 3.8) is 0 Å². The van der Waals surface area contributed by atoms with Crippen LogP contribution in [0.2, 0.25) is 0 Å². The Labute approximate surface area is 242 Å². The smallest absolute Gasteiger partial charge is 0.177 e. The van der Waals surface area contributed by atoms with Gasteiger partial charge in [0, 0.05) is 5.41 Å². The zero-order valence-corrected chi connectivity index (χ0v) is 25.1. The topological polar surface area (TPSA) is 9.23 Å². The monoisotopic (exact) mass is 550 g/mol. The third-order valence-corrected chi connectivity index (χ3v) is 11.3. The highest BCUT2D eigenvalue weighted by Crippen LogP contribution is 2.51. The quantitative estimate of drug-likeness (QED) is 0.263. The van der Waals surface area contributed by atoms with E-state index in [-0.39, 0.29) is 12.4 Å². The van der Waals surface area contributed by atoms with Crippen molar-refractivity contribution in [2.24, 2.45) is 35.0 Å². The molecule has 0 aliphatic heterocycles. The van der Waals surface area contributed by atoms with Crippen LogP contribution in [-0.2, 0) is 11.3 Å². The highest BCUT2D eigenvalue weighted by atomic mass is 19.2. The fraction of sp³-hybridized carbons (Fsp3) is 0.676. The molecule has 1 aromatic carbocycles. The van der Waals surface area contributed by atoms with E-state index in [4.69, 9.17) is 4.74 Å². The summed E-state index contributed by atoms with van der Waals surface area (Å²) in [6.07, 6.45) is 21.8. The van der Waals surface area contributed by atoms with E-state index in [1.807, 2.05) is 0 Å². The predicted octanol–water partition coefficient (Wildman–Crippen LogP) is 11.2. The normalized spacial score (nSPS) is 36.2. The van der Waals surface area contributed by atoms with Crippen LogP contribution in [0.3, 0.4) is 0 Å². The van der Waals surface area contributed by atoms with Crippen LogP contribution in [0.1, 0.15) is 121 Å². The first-order valence-corrected chi connectivity index (χ1v) is 16.5. The number of ether oxygens (including phenoxy) is 1. The van der Waals surface area contributed by atoms with Crippen LogP contribution in [0.25, 0.3) is 0 Å². The van der Waals surface area contributed by atoms with Crippen molar-refractivity contribution in [3.05, 3.63) is 71.8 Å². The van der Waals surface area contributed by atoms with Crippen molar-refractivity contribution < 1.29 is 13.5 Å². The minimum atomic E-state index is -1.68. The number of halogens is 2. The fourth-order valence-corrected chi connectivity index (χ4v) is 8.64. The van der Waals surface area contributed by atoms with Crippen LogP contribution < -0.4 is 0 Å². The van der Waals surface area contributed by atoms with E-state index in [2.05, 4.69) is 37.8 Å². The van der Waals surface area contributed by atoms with Gasteiger partial charge in [0.2, 0.25) is 0 Å². The van der Waals surface area contributed by atoms with Gasteiger partial charge < -0.3 is 4.74 Å². The molecule has 0 heterocycles. The average Bonchev–Trinajstić information content (AvgIpc) is 2.99. The molecule has 0 spiro atoms. The summed E-state index contributed by atoms with van der Waals surface area (Å²) in [6.45, 7) is 8.05. The minimum Gasteiger partial charge on any atom is -0.486 e. The maximum absolute atomic E-state index is 14.9. The molecule has 0 saturated heterocycles. The molecular weight excluding hydrogens is 498 g/mol. The fourth-order valence-electron chi connectivity index (χ4n) is 8.64. The molecule has 3 fully saturated rings. The molecule has 6 atom stereocenters. The standard InChI is InChI=1S/C37H52F2O/c1-4-6-21-37(3)22-20-34(35(38)36(37)39)40-25-27-10-14-29(15-11-27)31-17-19-32-23-30(16-18-33(32)24-31)28-12-8-26(7-5-2)9-13-28/h4,10-11,14-15,20,22,26,28,30-33,36H,1,5-9,12-13,16-19,21,23-25H2,2-3H3. The lowest BCUT2D eigenvalue weighted by Gasteiger charge is -2.45. The summed E-state index contributed by atoms with van der Waals surface area (Å²) in [4.78, 5) is 0. The second kappa shape index (κ2) is 13.4. The Hall–Kier alpha value is -1.90. The first kappa shape index (κ1) is 29.6. The SMILES string of the molecule is C=CCCC1(C)C=CC(OCc2ccc(C3CCC4CC(C5CCC(CCC)CC5)CCC4C3)cc2)=C(F)C1F. The summed E-state index contributed by atoms with van der Waals surface area (Å²) >= 11 is 0. The predicted molar refractivity (Wildman–Crippen MR) is 162 cm³/mol. The lowest BCUT2D eigenvalue weighted by atomic mass is 9.60. The molecule has 5 rings (SSSR count). The molecule has 3 heteroatoms. The van der Waals surface area contributed by atoms with Gasteiger partial charge >= 0.3 is 0 Å². The number of rotatable bonds is 10. The number of hydrogen-bond acceptors (Lipinski definition) is 1. The highest BCUT2D eigenvalue weighted by molar-refractivity contribution is 5.31. The van der Waals surface area contributed by atoms with Crippen molar-refractivity contribution in [2.75, 3.05) is 0 Å². The van der Waals surface area contributed by atoms with Crippen molar-refractivity contribution in [2.45, 2.75) is 122 Å². The van der Waals surface area contributed by atoms with E-state index in [0.29, 0.717) is 18.8 Å². The van der Waals surface area contributed by atoms with Gasteiger partial charge in [-0.3, -0.25) is 0 Å². The molecule has 4 aliphatic carbocycles. The summed E-state index contributed by atoms with van der Waals surface area (Å²) in [7, 11) is 0. The van der Waals surface area contributed by atoms with Crippen molar-refractivity contribution >= 4 is 0 Å². The number of hydrogen-bond donors (Lipinski definition) is 0. The molecule has 0 amide bonds. The van der Waals surface area contributed by atoms with Gasteiger partial charge in [0.25, 0.3) is 0 Å². The molecule has 220 valence electrons. The van der Waals surface area contributed by atoms with E-state index in [9.17, 15) is 8.78 Å². The summed E-state index contributed by atoms with van der Waals surface area (Å²) in [5.41, 5.74) is 1.58. The van der Waals surface area contributed by atoms with Gasteiger partial charge in [-0.15, -0.1) is 6.58 Å². The first-order chi connectivity index (χ1) is 19.4. The molecule has 0 aromatic heterocycles. The lowest BCUT2D eigenvalue weighted by molar-refractivity contribution is 0.0712. The summed E-state index contributed by atoms with van der Waals surface area (Å²) in [5.74, 6) is 4.74. The molecule has 0 radical (unpaired) electrons. The molecule has 6 unspecified atom stereocenters. The lowest BCUT2D eigenvalue weighted by Crippen LogP contribution is -2.34. The third-order valence-electron chi connectivity index (χ3n) is 11.3. The van der Waals surface area contributed by atoms with Gasteiger partial charge in [0.05, 0.1) is 0 Å². The summed E-state index contributed by atoms with van der Waals surface area (Å²) in [6, 6.07) is 8.71. The van der Waals surface area contributed by atoms with Crippen LogP contribution in [0.5, 0.6) is 0 Å². The van der Waals surface area contributed by atoms with Crippen LogP contribution in [0.4, 0.5) is 8.78 Å². The molecule has 4 aliphatic rings. The van der Waals surface area contributed by atoms with Crippen molar-refractivity contribution in [3.8, 4) is 0 Å². The molecule has 1 aromatic rings. The van der Waals surface area contributed by atoms with E-state index in [1.54, 1.807) is 25.2 Å². The zero-order chi connectivity index (χ0) is 28.1. The molecular formula is C37H52F2O. The van der Waals surface area contributed by atoms with E-state index in [1.165, 1.54) is 82.6 Å². The summed E-state index contributed by atoms with van der Waals surface area (Å²) in [5, 5.41) is 0. The average molecular weight is 551 g/mol. The van der Waals surface area contributed by atoms with Gasteiger partial charge in [0.15, 0.2) is 17.8 Å². The molecule has 0 N–H and O–H groups in total. The molecule has 40 heavy (non-hydrogen) atoms. The molecule has 3 saturated carbocycles. The molecule has 0 bridgehead atoms. The number of alkyl halides is 1. The Bertz CT molecular complexity index is 1030. The second-order valence-corrected chi connectivity index (χ2v) is 13.9. The van der Waals surface area contributed by atoms with E-state index < -0.39 is 17.4 Å². The maximum Gasteiger partial charge on any atom is 0.177 e. The van der Waals surface area contributed by atoms with Crippen LogP contribution in [0, 0.1) is 35.0 Å². The van der Waals surface area contributed by atoms with Crippen molar-refractivity contribution in [1.29, 1.82) is 0 Å². The molecule has 1 nitrogen and oxygen atoms in total. The third kappa shape index (κ3) is 6.76. The van der Waals surface area contributed by atoms with Gasteiger partial charge in [-0.25, -0.2) is 8.78 Å². The van der Waals surface area contributed by atoms with Gasteiger partial charge in [-0.1, -0.05) is 75.9 Å². The van der Waals surface area contributed by atoms with E-state index >= 15 is 0 Å². The van der Waals surface area contributed by atoms with E-state index in [0.717, 1.165) is 35.2 Å². The van der Waals surface area contributed by atoms with Crippen LogP contribution >= 0.6 is 0 Å². The highest BCUT2D eigenvalue weighted by Gasteiger charge is 2.40. The Morgan fingerprint density at radius 3 is 2.27 bits per heavy atom. The van der Waals surface area contributed by atoms with Crippen molar-refractivity contribution in [1.82, 2.24) is 0 Å². The largest absolute Gasteiger partial charge is 0.486 e. The van der Waals surface area contributed by atoms with Gasteiger partial charge in [-0.2, -0.15) is 0 Å². The Balaban J connectivity index is 1.09.